The van der Waals surface area contributed by atoms with Crippen LogP contribution in [0.4, 0.5) is 5.69 Å². The van der Waals surface area contributed by atoms with Crippen LogP contribution < -0.4 is 19.7 Å². The van der Waals surface area contributed by atoms with Crippen molar-refractivity contribution in [2.75, 3.05) is 25.7 Å². The number of amides is 1. The molecular formula is C18H20N2O3. The fourth-order valence-electron chi connectivity index (χ4n) is 2.85. The van der Waals surface area contributed by atoms with Gasteiger partial charge in [0.15, 0.2) is 11.5 Å². The smallest absolute Gasteiger partial charge is 0.255 e. The van der Waals surface area contributed by atoms with E-state index in [1.54, 1.807) is 7.11 Å². The highest BCUT2D eigenvalue weighted by Gasteiger charge is 2.29. The van der Waals surface area contributed by atoms with Crippen LogP contribution in [0.1, 0.15) is 29.0 Å². The molecule has 0 saturated heterocycles. The number of hydrogen-bond acceptors (Lipinski definition) is 4. The molecule has 1 amide bonds. The normalized spacial score (nSPS) is 16.6. The maximum Gasteiger partial charge on any atom is 0.255 e. The molecule has 1 atom stereocenters. The Morgan fingerprint density at radius 2 is 1.96 bits per heavy atom. The molecule has 1 heterocycles. The minimum Gasteiger partial charge on any atom is -0.493 e. The van der Waals surface area contributed by atoms with Crippen molar-refractivity contribution in [2.24, 2.45) is 0 Å². The summed E-state index contributed by atoms with van der Waals surface area (Å²) in [6.45, 7) is 2.48. The lowest BCUT2D eigenvalue weighted by molar-refractivity contribution is 0.0928. The molecule has 2 aromatic rings. The number of nitrogens with zero attached hydrogens (tertiary/aromatic N) is 1. The third kappa shape index (κ3) is 2.70. The second-order valence-electron chi connectivity index (χ2n) is 5.35. The van der Waals surface area contributed by atoms with Gasteiger partial charge in [-0.05, 0) is 36.8 Å². The molecule has 0 radical (unpaired) electrons. The van der Waals surface area contributed by atoms with E-state index in [-0.39, 0.29) is 12.1 Å². The van der Waals surface area contributed by atoms with Crippen molar-refractivity contribution < 1.29 is 14.3 Å². The maximum atomic E-state index is 12.4. The zero-order valence-electron chi connectivity index (χ0n) is 13.5. The van der Waals surface area contributed by atoms with Gasteiger partial charge in [0, 0.05) is 7.05 Å². The first-order valence-electron chi connectivity index (χ1n) is 7.59. The molecule has 0 bridgehead atoms. The highest BCUT2D eigenvalue weighted by Crippen LogP contribution is 2.35. The standard InChI is InChI=1S/C18H20N2O3/c1-4-23-16-11-12(9-10-15(16)22-3)17-19-18(21)13-7-5-6-8-14(13)20(17)2/h5-11,17H,4H2,1-3H3,(H,19,21). The highest BCUT2D eigenvalue weighted by molar-refractivity contribution is 6.02. The molecule has 0 aromatic heterocycles. The molecule has 120 valence electrons. The number of hydrogen-bond donors (Lipinski definition) is 1. The molecule has 0 fully saturated rings. The van der Waals surface area contributed by atoms with Crippen molar-refractivity contribution in [1.82, 2.24) is 5.32 Å². The zero-order valence-corrected chi connectivity index (χ0v) is 13.5. The number of carbonyl (C=O) groups excluding carboxylic acids is 1. The Morgan fingerprint density at radius 1 is 1.17 bits per heavy atom. The number of anilines is 1. The van der Waals surface area contributed by atoms with Gasteiger partial charge in [-0.1, -0.05) is 18.2 Å². The topological polar surface area (TPSA) is 50.8 Å². The van der Waals surface area contributed by atoms with Crippen molar-refractivity contribution in [3.8, 4) is 11.5 Å². The molecule has 1 unspecified atom stereocenters. The van der Waals surface area contributed by atoms with E-state index in [4.69, 9.17) is 9.47 Å². The average molecular weight is 312 g/mol. The van der Waals surface area contributed by atoms with Gasteiger partial charge in [0.25, 0.3) is 5.91 Å². The van der Waals surface area contributed by atoms with Crippen LogP contribution in [0.25, 0.3) is 0 Å². The van der Waals surface area contributed by atoms with Gasteiger partial charge in [-0.25, -0.2) is 0 Å². The Labute approximate surface area is 135 Å². The van der Waals surface area contributed by atoms with E-state index in [2.05, 4.69) is 5.32 Å². The van der Waals surface area contributed by atoms with E-state index >= 15 is 0 Å². The molecule has 23 heavy (non-hydrogen) atoms. The fourth-order valence-corrected chi connectivity index (χ4v) is 2.85. The minimum atomic E-state index is -0.248. The third-order valence-corrected chi connectivity index (χ3v) is 3.99. The second-order valence-corrected chi connectivity index (χ2v) is 5.35. The van der Waals surface area contributed by atoms with Crippen LogP contribution in [0.15, 0.2) is 42.5 Å². The summed E-state index contributed by atoms with van der Waals surface area (Å²) in [5.74, 6) is 1.28. The lowest BCUT2D eigenvalue weighted by Crippen LogP contribution is -2.44. The van der Waals surface area contributed by atoms with Gasteiger partial charge in [-0.2, -0.15) is 0 Å². The molecule has 1 aliphatic heterocycles. The first-order chi connectivity index (χ1) is 11.2. The second kappa shape index (κ2) is 6.20. The summed E-state index contributed by atoms with van der Waals surface area (Å²) in [5.41, 5.74) is 2.54. The quantitative estimate of drug-likeness (QED) is 0.943. The third-order valence-electron chi connectivity index (χ3n) is 3.99. The lowest BCUT2D eigenvalue weighted by Gasteiger charge is -2.36. The predicted octanol–water partition coefficient (Wildman–Crippen LogP) is 2.97. The molecule has 5 nitrogen and oxygen atoms in total. The largest absolute Gasteiger partial charge is 0.493 e. The SMILES string of the molecule is CCOc1cc(C2NC(=O)c3ccccc3N2C)ccc1OC. The first-order valence-corrected chi connectivity index (χ1v) is 7.59. The Morgan fingerprint density at radius 3 is 2.70 bits per heavy atom. The van der Waals surface area contributed by atoms with Gasteiger partial charge >= 0.3 is 0 Å². The van der Waals surface area contributed by atoms with Crippen molar-refractivity contribution in [3.05, 3.63) is 53.6 Å². The number of fused-ring (bicyclic) bond motifs is 1. The van der Waals surface area contributed by atoms with Crippen LogP contribution in [-0.2, 0) is 0 Å². The van der Waals surface area contributed by atoms with Crippen molar-refractivity contribution >= 4 is 11.6 Å². The van der Waals surface area contributed by atoms with Crippen LogP contribution >= 0.6 is 0 Å². The van der Waals surface area contributed by atoms with Gasteiger partial charge in [0.1, 0.15) is 6.17 Å². The maximum absolute atomic E-state index is 12.4. The Balaban J connectivity index is 1.99. The van der Waals surface area contributed by atoms with E-state index in [1.807, 2.05) is 61.3 Å². The van der Waals surface area contributed by atoms with E-state index in [0.29, 0.717) is 23.7 Å². The van der Waals surface area contributed by atoms with Crippen LogP contribution in [0.3, 0.4) is 0 Å². The molecule has 0 saturated carbocycles. The number of benzene rings is 2. The van der Waals surface area contributed by atoms with E-state index in [1.165, 1.54) is 0 Å². The molecule has 0 aliphatic carbocycles. The average Bonchev–Trinajstić information content (AvgIpc) is 2.58. The van der Waals surface area contributed by atoms with Crippen molar-refractivity contribution in [3.63, 3.8) is 0 Å². The van der Waals surface area contributed by atoms with Crippen LogP contribution in [0.5, 0.6) is 11.5 Å². The number of rotatable bonds is 4. The monoisotopic (exact) mass is 312 g/mol. The Kier molecular flexibility index (Phi) is 4.10. The molecule has 0 spiro atoms. The van der Waals surface area contributed by atoms with Gasteiger partial charge in [0.2, 0.25) is 0 Å². The number of ether oxygens (including phenoxy) is 2. The highest BCUT2D eigenvalue weighted by atomic mass is 16.5. The van der Waals surface area contributed by atoms with Crippen LogP contribution in [-0.4, -0.2) is 26.7 Å². The summed E-state index contributed by atoms with van der Waals surface area (Å²) in [7, 11) is 3.58. The summed E-state index contributed by atoms with van der Waals surface area (Å²) < 4.78 is 11.0. The Bertz CT molecular complexity index is 730. The number of carbonyl (C=O) groups is 1. The predicted molar refractivity (Wildman–Crippen MR) is 89.2 cm³/mol. The number of methoxy groups -OCH3 is 1. The Hall–Kier alpha value is -2.69. The molecule has 3 rings (SSSR count). The van der Waals surface area contributed by atoms with E-state index in [9.17, 15) is 4.79 Å². The van der Waals surface area contributed by atoms with Crippen LogP contribution in [0.2, 0.25) is 0 Å². The summed E-state index contributed by atoms with van der Waals surface area (Å²) in [6.07, 6.45) is -0.248. The summed E-state index contributed by atoms with van der Waals surface area (Å²) in [6, 6.07) is 13.3. The summed E-state index contributed by atoms with van der Waals surface area (Å²) in [5, 5.41) is 3.04. The van der Waals surface area contributed by atoms with E-state index in [0.717, 1.165) is 11.3 Å². The van der Waals surface area contributed by atoms with Gasteiger partial charge in [0.05, 0.1) is 25.0 Å². The number of para-hydroxylation sites is 1. The van der Waals surface area contributed by atoms with Gasteiger partial charge < -0.3 is 19.7 Å². The molecule has 1 N–H and O–H groups in total. The summed E-state index contributed by atoms with van der Waals surface area (Å²) >= 11 is 0. The minimum absolute atomic E-state index is 0.0718. The van der Waals surface area contributed by atoms with Crippen molar-refractivity contribution in [2.45, 2.75) is 13.1 Å². The lowest BCUT2D eigenvalue weighted by atomic mass is 10.0. The van der Waals surface area contributed by atoms with Gasteiger partial charge in [-0.3, -0.25) is 4.79 Å². The fraction of sp³-hybridized carbons (Fsp3) is 0.278. The molecule has 1 aliphatic rings. The van der Waals surface area contributed by atoms with Gasteiger partial charge in [-0.15, -0.1) is 0 Å². The molecular weight excluding hydrogens is 292 g/mol. The summed E-state index contributed by atoms with van der Waals surface area (Å²) in [4.78, 5) is 14.4. The van der Waals surface area contributed by atoms with E-state index < -0.39 is 0 Å². The van der Waals surface area contributed by atoms with Crippen LogP contribution in [0, 0.1) is 0 Å². The molecule has 5 heteroatoms. The zero-order chi connectivity index (χ0) is 16.4. The molecule has 2 aromatic carbocycles. The number of nitrogens with one attached hydrogen (secondary N) is 1. The van der Waals surface area contributed by atoms with Crippen molar-refractivity contribution in [1.29, 1.82) is 0 Å². The first kappa shape index (κ1) is 15.2.